The number of halogens is 7. The van der Waals surface area contributed by atoms with Gasteiger partial charge in [0, 0.05) is 37.3 Å². The maximum absolute atomic E-state index is 14.5. The van der Waals surface area contributed by atoms with E-state index in [1.54, 1.807) is 13.0 Å². The van der Waals surface area contributed by atoms with Gasteiger partial charge >= 0.3 is 18.3 Å². The normalized spacial score (nSPS) is 17.0. The van der Waals surface area contributed by atoms with Crippen LogP contribution in [0.1, 0.15) is 40.0 Å². The number of anilines is 2. The lowest BCUT2D eigenvalue weighted by Crippen LogP contribution is -2.71. The van der Waals surface area contributed by atoms with Gasteiger partial charge in [0.05, 0.1) is 22.9 Å². The van der Waals surface area contributed by atoms with E-state index in [0.717, 1.165) is 25.2 Å². The van der Waals surface area contributed by atoms with Crippen LogP contribution in [-0.2, 0) is 11.0 Å². The summed E-state index contributed by atoms with van der Waals surface area (Å²) in [4.78, 5) is 23.6. The third-order valence-corrected chi connectivity index (χ3v) is 6.49. The first-order valence-electron chi connectivity index (χ1n) is 11.3. The van der Waals surface area contributed by atoms with Gasteiger partial charge < -0.3 is 26.4 Å². The minimum absolute atomic E-state index is 0.0211. The van der Waals surface area contributed by atoms with Crippen molar-refractivity contribution in [3.63, 3.8) is 0 Å². The van der Waals surface area contributed by atoms with Gasteiger partial charge in [-0.2, -0.15) is 26.3 Å². The monoisotopic (exact) mass is 550 g/mol. The number of nitrogens with one attached hydrogen (secondary N) is 2. The molecule has 38 heavy (non-hydrogen) atoms. The van der Waals surface area contributed by atoms with Crippen LogP contribution >= 0.6 is 0 Å². The van der Waals surface area contributed by atoms with Crippen molar-refractivity contribution in [2.75, 3.05) is 36.8 Å². The molecule has 1 spiro atoms. The molecule has 2 fully saturated rings. The fourth-order valence-electron chi connectivity index (χ4n) is 4.43. The van der Waals surface area contributed by atoms with Gasteiger partial charge in [0.2, 0.25) is 0 Å². The van der Waals surface area contributed by atoms with E-state index in [0.29, 0.717) is 24.3 Å². The fraction of sp³-hybridized carbons (Fsp3) is 0.417. The summed E-state index contributed by atoms with van der Waals surface area (Å²) >= 11 is 0. The second kappa shape index (κ2) is 10.3. The molecule has 5 N–H and O–H groups in total. The maximum Gasteiger partial charge on any atom is 0.490 e. The van der Waals surface area contributed by atoms with Gasteiger partial charge in [-0.3, -0.25) is 4.79 Å². The fourth-order valence-corrected chi connectivity index (χ4v) is 4.43. The molecule has 4 rings (SSSR count). The van der Waals surface area contributed by atoms with Gasteiger partial charge in [0.25, 0.3) is 5.91 Å². The molecule has 208 valence electrons. The highest BCUT2D eigenvalue weighted by molar-refractivity contribution is 6.00. The van der Waals surface area contributed by atoms with E-state index in [1.807, 2.05) is 4.90 Å². The molecule has 7 nitrogen and oxygen atoms in total. The zero-order chi connectivity index (χ0) is 28.6. The lowest BCUT2D eigenvalue weighted by molar-refractivity contribution is -0.192. The Morgan fingerprint density at radius 1 is 1.13 bits per heavy atom. The maximum atomic E-state index is 14.5. The minimum atomic E-state index is -5.08. The number of carbonyl (C=O) groups is 2. The molecular formula is C24H25F7N4O3. The quantitative estimate of drug-likeness (QED) is 0.335. The average molecular weight is 550 g/mol. The van der Waals surface area contributed by atoms with Crippen LogP contribution in [0.25, 0.3) is 0 Å². The molecule has 0 saturated carbocycles. The third-order valence-electron chi connectivity index (χ3n) is 6.49. The Morgan fingerprint density at radius 3 is 2.18 bits per heavy atom. The van der Waals surface area contributed by atoms with Crippen molar-refractivity contribution >= 4 is 23.3 Å². The van der Waals surface area contributed by atoms with E-state index in [-0.39, 0.29) is 22.2 Å². The van der Waals surface area contributed by atoms with Gasteiger partial charge in [-0.1, -0.05) is 12.1 Å². The predicted molar refractivity (Wildman–Crippen MR) is 124 cm³/mol. The Morgan fingerprint density at radius 2 is 1.71 bits per heavy atom. The first-order chi connectivity index (χ1) is 17.4. The number of hydrogen-bond acceptors (Lipinski definition) is 5. The molecule has 2 aliphatic rings. The standard InChI is InChI=1S/C22H24F4N4O.C2HF3O2/c1-12-14(4-3-5-16(12)22(24,25)26)13(2)29-20(31)15-6-19(17(23)7-18(15)27)30-10-21(11-30)8-28-9-21;3-2(4,5)1(6)7/h3-7,13,28H,8-11,27H2,1-2H3,(H,29,31);(H,6,7)/t13-;/m1./s1. The molecule has 2 aliphatic heterocycles. The summed E-state index contributed by atoms with van der Waals surface area (Å²) in [5, 5.41) is 13.0. The van der Waals surface area contributed by atoms with Crippen molar-refractivity contribution < 1.29 is 45.4 Å². The number of carboxylic acids is 1. The topological polar surface area (TPSA) is 108 Å². The number of nitrogens with two attached hydrogens (primary N) is 1. The van der Waals surface area contributed by atoms with E-state index in [2.05, 4.69) is 10.6 Å². The molecule has 0 aromatic heterocycles. The Labute approximate surface area is 212 Å². The van der Waals surface area contributed by atoms with Crippen molar-refractivity contribution in [1.82, 2.24) is 10.6 Å². The second-order valence-electron chi connectivity index (χ2n) is 9.37. The van der Waals surface area contributed by atoms with Crippen LogP contribution in [0.5, 0.6) is 0 Å². The molecule has 0 bridgehead atoms. The minimum Gasteiger partial charge on any atom is -0.475 e. The van der Waals surface area contributed by atoms with E-state index >= 15 is 0 Å². The van der Waals surface area contributed by atoms with Crippen LogP contribution in [0.4, 0.5) is 42.1 Å². The summed E-state index contributed by atoms with van der Waals surface area (Å²) in [6, 6.07) is 5.71. The van der Waals surface area contributed by atoms with Crippen LogP contribution in [0, 0.1) is 18.2 Å². The van der Waals surface area contributed by atoms with Crippen LogP contribution in [0.15, 0.2) is 30.3 Å². The third kappa shape index (κ3) is 6.11. The summed E-state index contributed by atoms with van der Waals surface area (Å²) in [6.45, 7) is 6.15. The highest BCUT2D eigenvalue weighted by Gasteiger charge is 2.48. The van der Waals surface area contributed by atoms with E-state index in [1.165, 1.54) is 19.1 Å². The van der Waals surface area contributed by atoms with Crippen molar-refractivity contribution in [3.8, 4) is 0 Å². The van der Waals surface area contributed by atoms with E-state index < -0.39 is 41.7 Å². The number of nitrogen functional groups attached to an aromatic ring is 1. The highest BCUT2D eigenvalue weighted by Crippen LogP contribution is 2.39. The predicted octanol–water partition coefficient (Wildman–Crippen LogP) is 4.27. The number of nitrogens with zero attached hydrogens (tertiary/aromatic N) is 1. The van der Waals surface area contributed by atoms with Gasteiger partial charge in [-0.05, 0) is 43.2 Å². The second-order valence-corrected chi connectivity index (χ2v) is 9.37. The van der Waals surface area contributed by atoms with E-state index in [4.69, 9.17) is 15.6 Å². The summed E-state index contributed by atoms with van der Waals surface area (Å²) in [6.07, 6.45) is -9.56. The van der Waals surface area contributed by atoms with Crippen LogP contribution in [0.2, 0.25) is 0 Å². The molecule has 0 unspecified atom stereocenters. The molecule has 2 heterocycles. The van der Waals surface area contributed by atoms with Gasteiger partial charge in [0.1, 0.15) is 5.82 Å². The lowest BCUT2D eigenvalue weighted by Gasteiger charge is -2.57. The number of carbonyl (C=O) groups excluding carboxylic acids is 1. The number of alkyl halides is 6. The largest absolute Gasteiger partial charge is 0.490 e. The number of rotatable bonds is 4. The summed E-state index contributed by atoms with van der Waals surface area (Å²) < 4.78 is 85.9. The number of hydrogen-bond donors (Lipinski definition) is 4. The molecule has 2 aromatic carbocycles. The first-order valence-corrected chi connectivity index (χ1v) is 11.3. The molecule has 2 saturated heterocycles. The Hall–Kier alpha value is -3.55. The smallest absolute Gasteiger partial charge is 0.475 e. The Kier molecular flexibility index (Phi) is 7.87. The Bertz CT molecular complexity index is 1220. The van der Waals surface area contributed by atoms with Gasteiger partial charge in [0.15, 0.2) is 0 Å². The van der Waals surface area contributed by atoms with Crippen LogP contribution in [-0.4, -0.2) is 49.3 Å². The molecule has 1 atom stereocenters. The van der Waals surface area contributed by atoms with Crippen molar-refractivity contribution in [1.29, 1.82) is 0 Å². The number of aliphatic carboxylic acids is 1. The zero-order valence-electron chi connectivity index (χ0n) is 20.2. The molecule has 0 radical (unpaired) electrons. The molecule has 14 heteroatoms. The SMILES string of the molecule is Cc1c([C@@H](C)NC(=O)c2cc(N3CC4(CNC4)C3)c(F)cc2N)cccc1C(F)(F)F.O=C(O)C(F)(F)F. The van der Waals surface area contributed by atoms with Crippen molar-refractivity contribution in [2.45, 2.75) is 32.2 Å². The summed E-state index contributed by atoms with van der Waals surface area (Å²) in [5.74, 6) is -3.82. The first kappa shape index (κ1) is 29.0. The summed E-state index contributed by atoms with van der Waals surface area (Å²) in [5.41, 5.74) is 6.10. The molecule has 0 aliphatic carbocycles. The average Bonchev–Trinajstić information content (AvgIpc) is 2.71. The number of benzene rings is 2. The molecular weight excluding hydrogens is 525 g/mol. The van der Waals surface area contributed by atoms with Crippen molar-refractivity contribution in [2.24, 2.45) is 5.41 Å². The van der Waals surface area contributed by atoms with Gasteiger partial charge in [-0.15, -0.1) is 0 Å². The van der Waals surface area contributed by atoms with Gasteiger partial charge in [-0.25, -0.2) is 9.18 Å². The van der Waals surface area contributed by atoms with Crippen molar-refractivity contribution in [3.05, 3.63) is 58.4 Å². The van der Waals surface area contributed by atoms with Crippen LogP contribution in [0.3, 0.4) is 0 Å². The highest BCUT2D eigenvalue weighted by atomic mass is 19.4. The Balaban J connectivity index is 0.000000505. The molecule has 1 amide bonds. The molecule has 2 aromatic rings. The lowest BCUT2D eigenvalue weighted by atomic mass is 9.74. The number of carboxylic acid groups (broad SMARTS) is 1. The zero-order valence-corrected chi connectivity index (χ0v) is 20.2. The summed E-state index contributed by atoms with van der Waals surface area (Å²) in [7, 11) is 0. The van der Waals surface area contributed by atoms with Crippen LogP contribution < -0.4 is 21.3 Å². The van der Waals surface area contributed by atoms with E-state index in [9.17, 15) is 35.5 Å². The number of amides is 1.